The molecule has 0 aromatic heterocycles. The lowest BCUT2D eigenvalue weighted by atomic mass is 10.1. The van der Waals surface area contributed by atoms with E-state index in [4.69, 9.17) is 5.11 Å². The van der Waals surface area contributed by atoms with Gasteiger partial charge in [-0.05, 0) is 11.6 Å². The zero-order chi connectivity index (χ0) is 10.3. The maximum Gasteiger partial charge on any atom is 0.339 e. The largest absolute Gasteiger partial charge is 0.479 e. The highest BCUT2D eigenvalue weighted by molar-refractivity contribution is 6.02. The van der Waals surface area contributed by atoms with Gasteiger partial charge in [0.15, 0.2) is 5.78 Å². The van der Waals surface area contributed by atoms with Crippen molar-refractivity contribution in [2.75, 3.05) is 0 Å². The van der Waals surface area contributed by atoms with Crippen molar-refractivity contribution in [2.24, 2.45) is 5.18 Å². The number of carbonyl (C=O) groups is 2. The maximum absolute atomic E-state index is 11.0. The SMILES string of the molecule is CCCCCC(=O)C(N=O)C(=O)O. The van der Waals surface area contributed by atoms with Crippen molar-refractivity contribution in [3.63, 3.8) is 0 Å². The van der Waals surface area contributed by atoms with E-state index in [0.29, 0.717) is 6.42 Å². The first kappa shape index (κ1) is 11.7. The number of hydrogen-bond donors (Lipinski definition) is 1. The fourth-order valence-corrected chi connectivity index (χ4v) is 0.928. The second kappa shape index (κ2) is 6.28. The van der Waals surface area contributed by atoms with Gasteiger partial charge in [-0.1, -0.05) is 19.8 Å². The summed E-state index contributed by atoms with van der Waals surface area (Å²) < 4.78 is 0. The zero-order valence-corrected chi connectivity index (χ0v) is 7.52. The van der Waals surface area contributed by atoms with Gasteiger partial charge < -0.3 is 5.11 Å². The monoisotopic (exact) mass is 187 g/mol. The van der Waals surface area contributed by atoms with E-state index in [1.165, 1.54) is 0 Å². The molecule has 1 N–H and O–H groups in total. The van der Waals surface area contributed by atoms with Crippen LogP contribution in [0.5, 0.6) is 0 Å². The standard InChI is InChI=1S/C8H13NO4/c1-2-3-4-5-6(10)7(9-13)8(11)12/h7H,2-5H2,1H3,(H,11,12). The molecular weight excluding hydrogens is 174 g/mol. The van der Waals surface area contributed by atoms with Crippen LogP contribution >= 0.6 is 0 Å². The van der Waals surface area contributed by atoms with Crippen LogP contribution in [0.4, 0.5) is 0 Å². The van der Waals surface area contributed by atoms with Crippen LogP contribution in [0.1, 0.15) is 32.6 Å². The number of carbonyl (C=O) groups excluding carboxylic acids is 1. The Morgan fingerprint density at radius 2 is 2.00 bits per heavy atom. The van der Waals surface area contributed by atoms with Gasteiger partial charge in [-0.3, -0.25) is 4.79 Å². The van der Waals surface area contributed by atoms with E-state index in [1.807, 2.05) is 6.92 Å². The second-order valence-corrected chi connectivity index (χ2v) is 2.77. The van der Waals surface area contributed by atoms with Crippen LogP contribution in [0.25, 0.3) is 0 Å². The van der Waals surface area contributed by atoms with E-state index in [9.17, 15) is 14.5 Å². The van der Waals surface area contributed by atoms with Gasteiger partial charge in [-0.2, -0.15) is 0 Å². The van der Waals surface area contributed by atoms with E-state index in [0.717, 1.165) is 12.8 Å². The highest BCUT2D eigenvalue weighted by atomic mass is 16.4. The lowest BCUT2D eigenvalue weighted by molar-refractivity contribution is -0.142. The first-order chi connectivity index (χ1) is 6.13. The third-order valence-corrected chi connectivity index (χ3v) is 1.67. The third kappa shape index (κ3) is 4.35. The Balaban J connectivity index is 3.92. The number of nitroso groups, excluding NO2 is 1. The van der Waals surface area contributed by atoms with E-state index >= 15 is 0 Å². The van der Waals surface area contributed by atoms with Crippen LogP contribution < -0.4 is 0 Å². The molecule has 0 aromatic carbocycles. The molecule has 0 aliphatic carbocycles. The van der Waals surface area contributed by atoms with Crippen LogP contribution in [0.3, 0.4) is 0 Å². The van der Waals surface area contributed by atoms with Gasteiger partial charge in [0, 0.05) is 6.42 Å². The molecular formula is C8H13NO4. The smallest absolute Gasteiger partial charge is 0.339 e. The maximum atomic E-state index is 11.0. The summed E-state index contributed by atoms with van der Waals surface area (Å²) in [7, 11) is 0. The van der Waals surface area contributed by atoms with Crippen molar-refractivity contribution in [3.05, 3.63) is 4.91 Å². The number of carboxylic acid groups (broad SMARTS) is 1. The van der Waals surface area contributed by atoms with E-state index in [1.54, 1.807) is 0 Å². The van der Waals surface area contributed by atoms with E-state index in [2.05, 4.69) is 5.18 Å². The molecule has 0 aromatic rings. The van der Waals surface area contributed by atoms with Gasteiger partial charge in [-0.15, -0.1) is 4.91 Å². The molecule has 0 heterocycles. The average Bonchev–Trinajstić information content (AvgIpc) is 2.05. The number of rotatable bonds is 7. The number of unbranched alkanes of at least 4 members (excludes halogenated alkanes) is 2. The number of hydrogen-bond acceptors (Lipinski definition) is 4. The quantitative estimate of drug-likeness (QED) is 0.370. The summed E-state index contributed by atoms with van der Waals surface area (Å²) in [5.41, 5.74) is 0. The minimum absolute atomic E-state index is 0.122. The van der Waals surface area contributed by atoms with Crippen LogP contribution in [0.2, 0.25) is 0 Å². The molecule has 0 rings (SSSR count). The Hall–Kier alpha value is -1.26. The van der Waals surface area contributed by atoms with Gasteiger partial charge in [-0.25, -0.2) is 4.79 Å². The van der Waals surface area contributed by atoms with Crippen LogP contribution in [0.15, 0.2) is 5.18 Å². The van der Waals surface area contributed by atoms with Crippen molar-refractivity contribution in [3.8, 4) is 0 Å². The van der Waals surface area contributed by atoms with Gasteiger partial charge in [0.05, 0.1) is 0 Å². The average molecular weight is 187 g/mol. The first-order valence-electron chi connectivity index (χ1n) is 4.21. The summed E-state index contributed by atoms with van der Waals surface area (Å²) in [5, 5.41) is 10.7. The van der Waals surface area contributed by atoms with Gasteiger partial charge in [0.25, 0.3) is 0 Å². The molecule has 74 valence electrons. The molecule has 0 amide bonds. The summed E-state index contributed by atoms with van der Waals surface area (Å²) >= 11 is 0. The topological polar surface area (TPSA) is 83.8 Å². The first-order valence-corrected chi connectivity index (χ1v) is 4.21. The van der Waals surface area contributed by atoms with Crippen LogP contribution in [0, 0.1) is 4.91 Å². The summed E-state index contributed by atoms with van der Waals surface area (Å²) in [6, 6.07) is -1.71. The van der Waals surface area contributed by atoms with Crippen molar-refractivity contribution in [2.45, 2.75) is 38.6 Å². The predicted molar refractivity (Wildman–Crippen MR) is 46.4 cm³/mol. The van der Waals surface area contributed by atoms with Crippen LogP contribution in [-0.4, -0.2) is 22.9 Å². The lowest BCUT2D eigenvalue weighted by Crippen LogP contribution is -2.27. The molecule has 5 nitrogen and oxygen atoms in total. The van der Waals surface area contributed by atoms with Gasteiger partial charge >= 0.3 is 5.97 Å². The fraction of sp³-hybridized carbons (Fsp3) is 0.750. The molecule has 0 bridgehead atoms. The molecule has 0 saturated heterocycles. The number of ketones is 1. The Labute approximate surface area is 76.1 Å². The van der Waals surface area contributed by atoms with Crippen molar-refractivity contribution >= 4 is 11.8 Å². The predicted octanol–water partition coefficient (Wildman–Crippen LogP) is 1.36. The molecule has 0 aliphatic heterocycles. The molecule has 0 spiro atoms. The Bertz CT molecular complexity index is 202. The van der Waals surface area contributed by atoms with Gasteiger partial charge in [0.1, 0.15) is 0 Å². The molecule has 5 heteroatoms. The molecule has 0 radical (unpaired) electrons. The van der Waals surface area contributed by atoms with Crippen molar-refractivity contribution in [1.29, 1.82) is 0 Å². The lowest BCUT2D eigenvalue weighted by Gasteiger charge is -2.01. The second-order valence-electron chi connectivity index (χ2n) is 2.77. The van der Waals surface area contributed by atoms with Gasteiger partial charge in [0.2, 0.25) is 6.04 Å². The highest BCUT2D eigenvalue weighted by Gasteiger charge is 2.25. The molecule has 1 atom stereocenters. The molecule has 1 unspecified atom stereocenters. The van der Waals surface area contributed by atoms with E-state index < -0.39 is 17.8 Å². The summed E-state index contributed by atoms with van der Waals surface area (Å²) in [6.07, 6.45) is 2.54. The fourth-order valence-electron chi connectivity index (χ4n) is 0.928. The number of nitrogens with zero attached hydrogens (tertiary/aromatic N) is 1. The van der Waals surface area contributed by atoms with Crippen LogP contribution in [-0.2, 0) is 9.59 Å². The molecule has 0 saturated carbocycles. The zero-order valence-electron chi connectivity index (χ0n) is 7.52. The molecule has 0 fully saturated rings. The minimum atomic E-state index is -1.71. The molecule has 13 heavy (non-hydrogen) atoms. The Kier molecular flexibility index (Phi) is 5.67. The third-order valence-electron chi connectivity index (χ3n) is 1.67. The number of carboxylic acids is 1. The van der Waals surface area contributed by atoms with E-state index in [-0.39, 0.29) is 6.42 Å². The summed E-state index contributed by atoms with van der Waals surface area (Å²) in [6.45, 7) is 1.97. The summed E-state index contributed by atoms with van der Waals surface area (Å²) in [4.78, 5) is 31.3. The molecule has 0 aliphatic rings. The number of aliphatic carboxylic acids is 1. The van der Waals surface area contributed by atoms with Crippen molar-refractivity contribution < 1.29 is 14.7 Å². The normalized spacial score (nSPS) is 12.1. The summed E-state index contributed by atoms with van der Waals surface area (Å²) in [5.74, 6) is -2.06. The number of Topliss-reactive ketones (excluding diaryl/α,β-unsaturated/α-hetero) is 1. The highest BCUT2D eigenvalue weighted by Crippen LogP contribution is 2.04. The Morgan fingerprint density at radius 3 is 2.38 bits per heavy atom. The Morgan fingerprint density at radius 1 is 1.38 bits per heavy atom. The minimum Gasteiger partial charge on any atom is -0.479 e. The van der Waals surface area contributed by atoms with Crippen molar-refractivity contribution in [1.82, 2.24) is 0 Å².